The van der Waals surface area contributed by atoms with Gasteiger partial charge in [0, 0.05) is 12.6 Å². The molecule has 0 aliphatic carbocycles. The molecule has 2 heterocycles. The van der Waals surface area contributed by atoms with Gasteiger partial charge in [0.2, 0.25) is 5.82 Å². The van der Waals surface area contributed by atoms with Crippen molar-refractivity contribution < 1.29 is 9.53 Å². The summed E-state index contributed by atoms with van der Waals surface area (Å²) in [6.45, 7) is 6.02. The number of anilines is 1. The van der Waals surface area contributed by atoms with Gasteiger partial charge in [-0.05, 0) is 67.3 Å². The van der Waals surface area contributed by atoms with E-state index in [0.29, 0.717) is 18.1 Å². The monoisotopic (exact) mass is 427 g/mol. The number of H-pyrrole nitrogens is 1. The van der Waals surface area contributed by atoms with Crippen LogP contribution in [0.15, 0.2) is 66.9 Å². The second kappa shape index (κ2) is 9.43. The Kier molecular flexibility index (Phi) is 6.26. The van der Waals surface area contributed by atoms with Crippen molar-refractivity contribution in [3.63, 3.8) is 0 Å². The molecule has 0 fully saturated rings. The maximum Gasteiger partial charge on any atom is 0.296 e. The molecule has 0 radical (unpaired) electrons. The molecule has 2 aromatic heterocycles. The van der Waals surface area contributed by atoms with Gasteiger partial charge in [-0.25, -0.2) is 9.97 Å². The lowest BCUT2D eigenvalue weighted by Gasteiger charge is -2.13. The molecule has 0 saturated carbocycles. The largest absolute Gasteiger partial charge is 0.491 e. The summed E-state index contributed by atoms with van der Waals surface area (Å²) in [5, 5.41) is 9.67. The van der Waals surface area contributed by atoms with Crippen molar-refractivity contribution in [1.82, 2.24) is 20.2 Å². The Morgan fingerprint density at radius 1 is 1.09 bits per heavy atom. The van der Waals surface area contributed by atoms with E-state index in [9.17, 15) is 4.79 Å². The molecule has 2 aromatic carbocycles. The van der Waals surface area contributed by atoms with Crippen LogP contribution < -0.4 is 10.1 Å². The van der Waals surface area contributed by atoms with Crippen LogP contribution >= 0.6 is 0 Å². The van der Waals surface area contributed by atoms with Crippen LogP contribution in [0.1, 0.15) is 41.4 Å². The van der Waals surface area contributed by atoms with E-state index >= 15 is 0 Å². The van der Waals surface area contributed by atoms with E-state index < -0.39 is 5.91 Å². The Morgan fingerprint density at radius 2 is 1.91 bits per heavy atom. The van der Waals surface area contributed by atoms with Gasteiger partial charge < -0.3 is 10.1 Å². The van der Waals surface area contributed by atoms with E-state index in [1.165, 1.54) is 0 Å². The van der Waals surface area contributed by atoms with Crippen LogP contribution in [0.3, 0.4) is 0 Å². The molecule has 4 aromatic rings. The molecule has 32 heavy (non-hydrogen) atoms. The molecule has 0 saturated heterocycles. The fourth-order valence-corrected chi connectivity index (χ4v) is 3.36. The number of rotatable bonds is 7. The Morgan fingerprint density at radius 3 is 2.69 bits per heavy atom. The third-order valence-corrected chi connectivity index (χ3v) is 4.84. The van der Waals surface area contributed by atoms with Crippen LogP contribution in [0.4, 0.5) is 5.82 Å². The van der Waals surface area contributed by atoms with Crippen LogP contribution in [0.2, 0.25) is 0 Å². The first-order chi connectivity index (χ1) is 15.5. The second-order valence-corrected chi connectivity index (χ2v) is 7.80. The Labute approximate surface area is 186 Å². The molecular formula is C25H25N5O2. The van der Waals surface area contributed by atoms with Crippen molar-refractivity contribution in [3.8, 4) is 16.9 Å². The Bertz CT molecular complexity index is 1220. The predicted molar refractivity (Wildman–Crippen MR) is 124 cm³/mol. The summed E-state index contributed by atoms with van der Waals surface area (Å²) in [6, 6.07) is 19.6. The quantitative estimate of drug-likeness (QED) is 0.442. The predicted octanol–water partition coefficient (Wildman–Crippen LogP) is 4.81. The summed E-state index contributed by atoms with van der Waals surface area (Å²) in [6.07, 6.45) is 2.33. The van der Waals surface area contributed by atoms with Crippen molar-refractivity contribution >= 4 is 11.7 Å². The number of carbonyl (C=O) groups is 1. The highest BCUT2D eigenvalue weighted by molar-refractivity contribution is 6.01. The summed E-state index contributed by atoms with van der Waals surface area (Å²) in [7, 11) is 0. The van der Waals surface area contributed by atoms with Gasteiger partial charge in [0.05, 0.1) is 6.10 Å². The van der Waals surface area contributed by atoms with E-state index in [0.717, 1.165) is 28.0 Å². The van der Waals surface area contributed by atoms with E-state index in [1.807, 2.05) is 81.4 Å². The van der Waals surface area contributed by atoms with Crippen LogP contribution in [0.25, 0.3) is 11.1 Å². The standard InChI is InChI=1S/C25H25N5O2/c1-16(2)32-20-10-9-17(3)21(15-20)19-11-12-26-22(14-19)28-25(31)24-27-23(29-30-24)13-18-7-5-4-6-8-18/h4-12,14-16H,13H2,1-3H3,(H,26,28,31)(H,27,29,30). The molecule has 7 nitrogen and oxygen atoms in total. The number of amides is 1. The average molecular weight is 428 g/mol. The number of benzene rings is 2. The minimum atomic E-state index is -0.418. The van der Waals surface area contributed by atoms with Crippen LogP contribution in [0, 0.1) is 6.92 Å². The molecule has 1 amide bonds. The minimum Gasteiger partial charge on any atom is -0.491 e. The highest BCUT2D eigenvalue weighted by atomic mass is 16.5. The maximum absolute atomic E-state index is 12.7. The number of nitrogens with one attached hydrogen (secondary N) is 2. The van der Waals surface area contributed by atoms with Gasteiger partial charge in [0.25, 0.3) is 5.91 Å². The SMILES string of the molecule is Cc1ccc(OC(C)C)cc1-c1ccnc(NC(=O)c2n[nH]c(Cc3ccccc3)n2)c1. The van der Waals surface area contributed by atoms with Crippen molar-refractivity contribution in [2.24, 2.45) is 0 Å². The third kappa shape index (κ3) is 5.18. The van der Waals surface area contributed by atoms with Gasteiger partial charge in [0.15, 0.2) is 0 Å². The highest BCUT2D eigenvalue weighted by Crippen LogP contribution is 2.29. The van der Waals surface area contributed by atoms with Gasteiger partial charge in [-0.2, -0.15) is 0 Å². The summed E-state index contributed by atoms with van der Waals surface area (Å²) in [4.78, 5) is 21.2. The number of aromatic nitrogens is 4. The lowest BCUT2D eigenvalue weighted by molar-refractivity contribution is 0.101. The summed E-state index contributed by atoms with van der Waals surface area (Å²) in [5.41, 5.74) is 4.14. The third-order valence-electron chi connectivity index (χ3n) is 4.84. The molecule has 0 bridgehead atoms. The van der Waals surface area contributed by atoms with Crippen molar-refractivity contribution in [2.45, 2.75) is 33.3 Å². The first-order valence-corrected chi connectivity index (χ1v) is 10.5. The van der Waals surface area contributed by atoms with Gasteiger partial charge in [-0.3, -0.25) is 9.89 Å². The summed E-state index contributed by atoms with van der Waals surface area (Å²) in [5.74, 6) is 1.51. The molecular weight excluding hydrogens is 402 g/mol. The number of hydrogen-bond donors (Lipinski definition) is 2. The van der Waals surface area contributed by atoms with Gasteiger partial charge >= 0.3 is 0 Å². The highest BCUT2D eigenvalue weighted by Gasteiger charge is 2.14. The average Bonchev–Trinajstić information content (AvgIpc) is 3.24. The molecule has 7 heteroatoms. The Balaban J connectivity index is 1.49. The number of nitrogens with zero attached hydrogens (tertiary/aromatic N) is 3. The molecule has 0 spiro atoms. The first kappa shape index (κ1) is 21.2. The summed E-state index contributed by atoms with van der Waals surface area (Å²) < 4.78 is 5.82. The molecule has 162 valence electrons. The molecule has 0 unspecified atom stereocenters. The smallest absolute Gasteiger partial charge is 0.296 e. The van der Waals surface area contributed by atoms with Crippen molar-refractivity contribution in [2.75, 3.05) is 5.32 Å². The first-order valence-electron chi connectivity index (χ1n) is 10.5. The minimum absolute atomic E-state index is 0.0756. The molecule has 0 atom stereocenters. The normalized spacial score (nSPS) is 10.9. The van der Waals surface area contributed by atoms with Crippen molar-refractivity contribution in [1.29, 1.82) is 0 Å². The van der Waals surface area contributed by atoms with E-state index in [1.54, 1.807) is 6.20 Å². The number of pyridine rings is 1. The lowest BCUT2D eigenvalue weighted by Crippen LogP contribution is -2.14. The van der Waals surface area contributed by atoms with E-state index in [-0.39, 0.29) is 11.9 Å². The fourth-order valence-electron chi connectivity index (χ4n) is 3.36. The number of carbonyl (C=O) groups excluding carboxylic acids is 1. The van der Waals surface area contributed by atoms with Gasteiger partial charge in [-0.1, -0.05) is 36.4 Å². The lowest BCUT2D eigenvalue weighted by atomic mass is 10.0. The topological polar surface area (TPSA) is 92.8 Å². The van der Waals surface area contributed by atoms with Crippen LogP contribution in [-0.2, 0) is 6.42 Å². The Hall–Kier alpha value is -4.00. The second-order valence-electron chi connectivity index (χ2n) is 7.80. The van der Waals surface area contributed by atoms with Crippen LogP contribution in [-0.4, -0.2) is 32.2 Å². The number of aromatic amines is 1. The zero-order valence-corrected chi connectivity index (χ0v) is 18.3. The number of aryl methyl sites for hydroxylation is 1. The van der Waals surface area contributed by atoms with Gasteiger partial charge in [0.1, 0.15) is 17.4 Å². The number of ether oxygens (including phenoxy) is 1. The number of hydrogen-bond acceptors (Lipinski definition) is 5. The zero-order chi connectivity index (χ0) is 22.5. The zero-order valence-electron chi connectivity index (χ0n) is 18.3. The fraction of sp³-hybridized carbons (Fsp3) is 0.200. The van der Waals surface area contributed by atoms with Crippen molar-refractivity contribution in [3.05, 3.63) is 89.6 Å². The van der Waals surface area contributed by atoms with E-state index in [4.69, 9.17) is 4.74 Å². The summed E-state index contributed by atoms with van der Waals surface area (Å²) >= 11 is 0. The van der Waals surface area contributed by atoms with Gasteiger partial charge in [-0.15, -0.1) is 5.10 Å². The maximum atomic E-state index is 12.7. The molecule has 0 aliphatic heterocycles. The van der Waals surface area contributed by atoms with Crippen LogP contribution in [0.5, 0.6) is 5.75 Å². The van der Waals surface area contributed by atoms with E-state index in [2.05, 4.69) is 25.5 Å². The molecule has 2 N–H and O–H groups in total. The molecule has 0 aliphatic rings. The molecule has 4 rings (SSSR count).